The number of benzene rings is 1. The average molecular weight is 515 g/mol. The van der Waals surface area contributed by atoms with E-state index in [4.69, 9.17) is 0 Å². The maximum absolute atomic E-state index is 12.0. The molecule has 0 atom stereocenters. The number of halogens is 1. The quantitative estimate of drug-likeness (QED) is 0.273. The number of aliphatic imine (C=N–C) groups is 1. The number of nitrogens with zero attached hydrogens (tertiary/aromatic N) is 2. The maximum Gasteiger partial charge on any atom is 0.241 e. The van der Waals surface area contributed by atoms with E-state index in [0.717, 1.165) is 36.6 Å². The average Bonchev–Trinajstić information content (AvgIpc) is 2.98. The summed E-state index contributed by atoms with van der Waals surface area (Å²) in [6, 6.07) is 10.1. The minimum absolute atomic E-state index is 0. The van der Waals surface area contributed by atoms with Crippen LogP contribution in [0.4, 0.5) is 0 Å². The van der Waals surface area contributed by atoms with Gasteiger partial charge in [-0.25, -0.2) is 9.98 Å². The van der Waals surface area contributed by atoms with Crippen LogP contribution in [-0.4, -0.2) is 43.0 Å². The van der Waals surface area contributed by atoms with Crippen molar-refractivity contribution in [3.05, 3.63) is 51.5 Å². The fourth-order valence-corrected chi connectivity index (χ4v) is 3.41. The highest BCUT2D eigenvalue weighted by molar-refractivity contribution is 14.0. The van der Waals surface area contributed by atoms with Crippen molar-refractivity contribution in [3.63, 3.8) is 0 Å². The smallest absolute Gasteiger partial charge is 0.241 e. The standard InChI is InChI=1S/C20H29N5OS.HI/c1-4-21-20(23-13-11-19-25-15(2)16(3)27-19)24-14-18(26)22-12-10-17-8-6-5-7-9-17;/h5-9H,4,10-14H2,1-3H3,(H,22,26)(H2,21,23,24);1H. The molecule has 0 aliphatic heterocycles. The molecule has 154 valence electrons. The number of rotatable bonds is 9. The summed E-state index contributed by atoms with van der Waals surface area (Å²) in [5.41, 5.74) is 2.31. The number of aryl methyl sites for hydroxylation is 2. The van der Waals surface area contributed by atoms with Crippen LogP contribution >= 0.6 is 35.3 Å². The van der Waals surface area contributed by atoms with Crippen molar-refractivity contribution in [3.8, 4) is 0 Å². The van der Waals surface area contributed by atoms with Crippen molar-refractivity contribution in [2.75, 3.05) is 26.2 Å². The van der Waals surface area contributed by atoms with Crippen molar-refractivity contribution in [1.82, 2.24) is 20.9 Å². The first-order chi connectivity index (χ1) is 13.1. The van der Waals surface area contributed by atoms with Gasteiger partial charge in [0, 0.05) is 30.9 Å². The third-order valence-corrected chi connectivity index (χ3v) is 5.14. The van der Waals surface area contributed by atoms with Crippen molar-refractivity contribution < 1.29 is 4.79 Å². The maximum atomic E-state index is 12.0. The second-order valence-corrected chi connectivity index (χ2v) is 7.49. The SMILES string of the molecule is CCNC(=NCC(=O)NCCc1ccccc1)NCCc1nc(C)c(C)s1.I. The molecule has 1 aromatic carbocycles. The topological polar surface area (TPSA) is 78.4 Å². The molecule has 2 rings (SSSR count). The molecule has 0 aliphatic carbocycles. The summed E-state index contributed by atoms with van der Waals surface area (Å²) in [4.78, 5) is 22.2. The van der Waals surface area contributed by atoms with Gasteiger partial charge in [-0.15, -0.1) is 35.3 Å². The third kappa shape index (κ3) is 9.01. The largest absolute Gasteiger partial charge is 0.357 e. The number of carbonyl (C=O) groups is 1. The van der Waals surface area contributed by atoms with Gasteiger partial charge in [-0.2, -0.15) is 0 Å². The Morgan fingerprint density at radius 3 is 2.43 bits per heavy atom. The second kappa shape index (κ2) is 13.5. The zero-order chi connectivity index (χ0) is 19.5. The van der Waals surface area contributed by atoms with E-state index in [1.807, 2.05) is 32.0 Å². The molecular weight excluding hydrogens is 485 g/mol. The summed E-state index contributed by atoms with van der Waals surface area (Å²) in [5.74, 6) is 0.579. The van der Waals surface area contributed by atoms with Crippen LogP contribution < -0.4 is 16.0 Å². The predicted molar refractivity (Wildman–Crippen MR) is 128 cm³/mol. The lowest BCUT2D eigenvalue weighted by Gasteiger charge is -2.10. The number of hydrogen-bond donors (Lipinski definition) is 3. The number of amides is 1. The molecule has 0 saturated carbocycles. The predicted octanol–water partition coefficient (Wildman–Crippen LogP) is 2.83. The van der Waals surface area contributed by atoms with E-state index >= 15 is 0 Å². The van der Waals surface area contributed by atoms with Gasteiger partial charge in [-0.1, -0.05) is 30.3 Å². The van der Waals surface area contributed by atoms with Crippen molar-refractivity contribution in [2.24, 2.45) is 4.99 Å². The van der Waals surface area contributed by atoms with Crippen molar-refractivity contribution >= 4 is 47.2 Å². The lowest BCUT2D eigenvalue weighted by atomic mass is 10.1. The molecule has 0 spiro atoms. The van der Waals surface area contributed by atoms with Crippen LogP contribution in [0.2, 0.25) is 0 Å². The Bertz CT molecular complexity index is 729. The van der Waals surface area contributed by atoms with Crippen molar-refractivity contribution in [1.29, 1.82) is 0 Å². The fourth-order valence-electron chi connectivity index (χ4n) is 2.47. The number of aromatic nitrogens is 1. The molecule has 28 heavy (non-hydrogen) atoms. The lowest BCUT2D eigenvalue weighted by molar-refractivity contribution is -0.119. The molecule has 0 radical (unpaired) electrons. The second-order valence-electron chi connectivity index (χ2n) is 6.21. The third-order valence-electron chi connectivity index (χ3n) is 4.01. The van der Waals surface area contributed by atoms with E-state index in [2.05, 4.69) is 45.0 Å². The van der Waals surface area contributed by atoms with E-state index in [1.54, 1.807) is 11.3 Å². The van der Waals surface area contributed by atoms with Crippen molar-refractivity contribution in [2.45, 2.75) is 33.6 Å². The van der Waals surface area contributed by atoms with Crippen LogP contribution in [0.3, 0.4) is 0 Å². The molecule has 1 heterocycles. The summed E-state index contributed by atoms with van der Waals surface area (Å²) in [5, 5.41) is 10.5. The first-order valence-electron chi connectivity index (χ1n) is 9.34. The summed E-state index contributed by atoms with van der Waals surface area (Å²) in [6.07, 6.45) is 1.66. The van der Waals surface area contributed by atoms with E-state index in [1.165, 1.54) is 10.4 Å². The highest BCUT2D eigenvalue weighted by Crippen LogP contribution is 2.16. The normalized spacial score (nSPS) is 10.9. The molecule has 3 N–H and O–H groups in total. The minimum atomic E-state index is -0.0747. The number of hydrogen-bond acceptors (Lipinski definition) is 4. The van der Waals surface area contributed by atoms with Gasteiger partial charge >= 0.3 is 0 Å². The first-order valence-corrected chi connectivity index (χ1v) is 10.2. The van der Waals surface area contributed by atoms with E-state index in [-0.39, 0.29) is 36.4 Å². The van der Waals surface area contributed by atoms with E-state index < -0.39 is 0 Å². The van der Waals surface area contributed by atoms with Gasteiger partial charge in [0.05, 0.1) is 10.7 Å². The van der Waals surface area contributed by atoms with Gasteiger partial charge < -0.3 is 16.0 Å². The van der Waals surface area contributed by atoms with Gasteiger partial charge in [0.25, 0.3) is 0 Å². The summed E-state index contributed by atoms with van der Waals surface area (Å²) < 4.78 is 0. The molecule has 0 saturated heterocycles. The summed E-state index contributed by atoms with van der Waals surface area (Å²) in [7, 11) is 0. The van der Waals surface area contributed by atoms with Crippen LogP contribution in [0.5, 0.6) is 0 Å². The number of thiazole rings is 1. The van der Waals surface area contributed by atoms with Crippen LogP contribution in [0, 0.1) is 13.8 Å². The van der Waals surface area contributed by atoms with Crippen LogP contribution in [0.15, 0.2) is 35.3 Å². The number of nitrogens with one attached hydrogen (secondary N) is 3. The summed E-state index contributed by atoms with van der Waals surface area (Å²) in [6.45, 7) is 8.33. The van der Waals surface area contributed by atoms with Crippen LogP contribution in [0.1, 0.15) is 28.1 Å². The molecule has 1 amide bonds. The minimum Gasteiger partial charge on any atom is -0.357 e. The molecule has 1 aromatic heterocycles. The Balaban J connectivity index is 0.00000392. The van der Waals surface area contributed by atoms with Crippen LogP contribution in [0.25, 0.3) is 0 Å². The zero-order valence-corrected chi connectivity index (χ0v) is 19.9. The molecule has 0 unspecified atom stereocenters. The molecule has 0 bridgehead atoms. The van der Waals surface area contributed by atoms with E-state index in [9.17, 15) is 4.79 Å². The Morgan fingerprint density at radius 1 is 1.07 bits per heavy atom. The zero-order valence-electron chi connectivity index (χ0n) is 16.7. The molecule has 6 nitrogen and oxygen atoms in total. The molecule has 8 heteroatoms. The first kappa shape index (κ1) is 24.4. The van der Waals surface area contributed by atoms with Gasteiger partial charge in [-0.05, 0) is 32.8 Å². The van der Waals surface area contributed by atoms with Gasteiger partial charge in [0.15, 0.2) is 5.96 Å². The Labute approximate surface area is 188 Å². The monoisotopic (exact) mass is 515 g/mol. The number of guanidine groups is 1. The van der Waals surface area contributed by atoms with Gasteiger partial charge in [-0.3, -0.25) is 4.79 Å². The highest BCUT2D eigenvalue weighted by Gasteiger charge is 2.05. The number of carbonyl (C=O) groups excluding carboxylic acids is 1. The summed E-state index contributed by atoms with van der Waals surface area (Å²) >= 11 is 1.73. The molecule has 0 aliphatic rings. The van der Waals surface area contributed by atoms with E-state index in [0.29, 0.717) is 12.5 Å². The molecule has 0 fully saturated rings. The Hall–Kier alpha value is -1.68. The lowest BCUT2D eigenvalue weighted by Crippen LogP contribution is -2.39. The highest BCUT2D eigenvalue weighted by atomic mass is 127. The van der Waals surface area contributed by atoms with Gasteiger partial charge in [0.1, 0.15) is 6.54 Å². The Morgan fingerprint density at radius 2 is 1.79 bits per heavy atom. The Kier molecular flexibility index (Phi) is 11.7. The fraction of sp³-hybridized carbons (Fsp3) is 0.450. The molecule has 2 aromatic rings. The van der Waals surface area contributed by atoms with Gasteiger partial charge in [0.2, 0.25) is 5.91 Å². The van der Waals surface area contributed by atoms with Crippen LogP contribution in [-0.2, 0) is 17.6 Å². The molecular formula is C20H30IN5OS.